The third-order valence-electron chi connectivity index (χ3n) is 7.77. The summed E-state index contributed by atoms with van der Waals surface area (Å²) in [6, 6.07) is 5.63. The zero-order valence-electron chi connectivity index (χ0n) is 27.7. The maximum Gasteiger partial charge on any atom is 0.408 e. The third-order valence-corrected chi connectivity index (χ3v) is 9.60. The highest BCUT2D eigenvalue weighted by Gasteiger charge is 2.47. The number of carbonyl (C=O) groups excluding carboxylic acids is 4. The van der Waals surface area contributed by atoms with Crippen LogP contribution in [0.4, 0.5) is 4.79 Å². The number of hydrogen-bond donors (Lipinski definition) is 3. The first-order chi connectivity index (χ1) is 21.9. The molecule has 3 N–H and O–H groups in total. The summed E-state index contributed by atoms with van der Waals surface area (Å²) in [6.45, 7) is 14.1. The van der Waals surface area contributed by atoms with Crippen molar-refractivity contribution >= 4 is 44.7 Å². The van der Waals surface area contributed by atoms with Crippen LogP contribution in [0, 0.1) is 5.41 Å². The topological polar surface area (TPSA) is 173 Å². The smallest absolute Gasteiger partial charge is 0.408 e. The predicted molar refractivity (Wildman–Crippen MR) is 176 cm³/mol. The van der Waals surface area contributed by atoms with Crippen LogP contribution in [0.1, 0.15) is 67.2 Å². The van der Waals surface area contributed by atoms with Crippen molar-refractivity contribution in [2.24, 2.45) is 5.41 Å². The number of nitrogens with zero attached hydrogens (tertiary/aromatic N) is 2. The molecule has 14 heteroatoms. The van der Waals surface area contributed by atoms with E-state index in [1.54, 1.807) is 53.8 Å². The normalized spacial score (nSPS) is 19.7. The molecule has 0 bridgehead atoms. The fourth-order valence-corrected chi connectivity index (χ4v) is 6.65. The SMILES string of the molecule is C=CCC(NC(=O)[C@H]1C[C@@H](Oc2ccnc3ccccc23)CN1C(=O)[C@@H](NC(=O)OC(C)(C)C)C(C)(C)C)C(=O)NS(=O)(=O)C1CC1. The van der Waals surface area contributed by atoms with Crippen LogP contribution in [-0.4, -0.2) is 83.7 Å². The Morgan fingerprint density at radius 2 is 1.74 bits per heavy atom. The average Bonchev–Trinajstić information content (AvgIpc) is 3.75. The maximum atomic E-state index is 14.3. The van der Waals surface area contributed by atoms with Crippen molar-refractivity contribution in [1.29, 1.82) is 0 Å². The Balaban J connectivity index is 1.62. The standard InChI is InChI=1S/C33H45N5O8S/c1-8-11-24(28(39)37-47(43,44)21-14-15-21)35-29(40)25-18-20(45-26-16-17-34-23-13-10-9-12-22(23)26)19-38(25)30(41)27(32(2,3)4)36-31(42)46-33(5,6)7/h8-10,12-13,16-17,20-21,24-25,27H,1,11,14-15,18-19H2,2-7H3,(H,35,40)(H,36,42)(H,37,39)/t20-,24?,25-,27-/m1/s1. The Morgan fingerprint density at radius 3 is 2.36 bits per heavy atom. The first-order valence-corrected chi connectivity index (χ1v) is 17.2. The summed E-state index contributed by atoms with van der Waals surface area (Å²) >= 11 is 0. The summed E-state index contributed by atoms with van der Waals surface area (Å²) in [4.78, 5) is 59.7. The number of benzene rings is 1. The summed E-state index contributed by atoms with van der Waals surface area (Å²) in [7, 11) is -3.87. The van der Waals surface area contributed by atoms with Gasteiger partial charge in [0.05, 0.1) is 17.3 Å². The molecule has 1 unspecified atom stereocenters. The van der Waals surface area contributed by atoms with Crippen molar-refractivity contribution in [3.8, 4) is 5.75 Å². The molecule has 2 aromatic rings. The van der Waals surface area contributed by atoms with Crippen molar-refractivity contribution < 1.29 is 37.1 Å². The highest BCUT2D eigenvalue weighted by Crippen LogP contribution is 2.31. The molecule has 0 radical (unpaired) electrons. The van der Waals surface area contributed by atoms with Gasteiger partial charge < -0.3 is 25.0 Å². The molecule has 1 aromatic heterocycles. The van der Waals surface area contributed by atoms with Crippen molar-refractivity contribution in [2.45, 2.75) is 102 Å². The number of rotatable bonds is 11. The van der Waals surface area contributed by atoms with Gasteiger partial charge in [0.1, 0.15) is 35.6 Å². The van der Waals surface area contributed by atoms with E-state index < -0.39 is 74.3 Å². The van der Waals surface area contributed by atoms with Crippen LogP contribution in [0.15, 0.2) is 49.2 Å². The van der Waals surface area contributed by atoms with E-state index in [0.29, 0.717) is 24.1 Å². The van der Waals surface area contributed by atoms with Gasteiger partial charge in [0, 0.05) is 18.0 Å². The first kappa shape index (κ1) is 35.7. The van der Waals surface area contributed by atoms with Gasteiger partial charge in [-0.1, -0.05) is 39.0 Å². The number of alkyl carbamates (subject to hydrolysis) is 1. The Hall–Kier alpha value is -4.20. The van der Waals surface area contributed by atoms with Gasteiger partial charge in [-0.15, -0.1) is 6.58 Å². The van der Waals surface area contributed by atoms with Gasteiger partial charge >= 0.3 is 6.09 Å². The minimum absolute atomic E-state index is 0.00940. The molecule has 4 atom stereocenters. The van der Waals surface area contributed by atoms with E-state index in [2.05, 4.69) is 26.9 Å². The number of amides is 4. The molecule has 1 saturated heterocycles. The van der Waals surface area contributed by atoms with Gasteiger partial charge in [0.2, 0.25) is 21.8 Å². The van der Waals surface area contributed by atoms with Crippen LogP contribution in [0.3, 0.4) is 0 Å². The monoisotopic (exact) mass is 671 g/mol. The number of sulfonamides is 1. The van der Waals surface area contributed by atoms with E-state index in [-0.39, 0.29) is 19.4 Å². The zero-order valence-corrected chi connectivity index (χ0v) is 28.6. The van der Waals surface area contributed by atoms with Gasteiger partial charge in [-0.05, 0) is 63.6 Å². The number of fused-ring (bicyclic) bond motifs is 1. The van der Waals surface area contributed by atoms with Crippen molar-refractivity contribution in [1.82, 2.24) is 25.2 Å². The molecule has 2 aliphatic rings. The molecule has 2 fully saturated rings. The number of para-hydroxylation sites is 1. The number of likely N-dealkylation sites (tertiary alicyclic amines) is 1. The molecule has 0 spiro atoms. The van der Waals surface area contributed by atoms with E-state index in [1.807, 2.05) is 24.3 Å². The van der Waals surface area contributed by atoms with E-state index >= 15 is 0 Å². The zero-order chi connectivity index (χ0) is 34.7. The Bertz CT molecular complexity index is 1620. The predicted octanol–water partition coefficient (Wildman–Crippen LogP) is 3.19. The van der Waals surface area contributed by atoms with Crippen molar-refractivity contribution in [3.63, 3.8) is 0 Å². The lowest BCUT2D eigenvalue weighted by molar-refractivity contribution is -0.142. The van der Waals surface area contributed by atoms with Crippen LogP contribution < -0.4 is 20.1 Å². The van der Waals surface area contributed by atoms with Crippen LogP contribution in [0.2, 0.25) is 0 Å². The highest BCUT2D eigenvalue weighted by atomic mass is 32.2. The number of aromatic nitrogens is 1. The van der Waals surface area contributed by atoms with Crippen LogP contribution in [-0.2, 0) is 29.1 Å². The lowest BCUT2D eigenvalue weighted by Crippen LogP contribution is -2.59. The second kappa shape index (κ2) is 13.9. The molecular formula is C33H45N5O8S. The van der Waals surface area contributed by atoms with Crippen molar-refractivity contribution in [2.75, 3.05) is 6.54 Å². The van der Waals surface area contributed by atoms with Gasteiger partial charge in [-0.25, -0.2) is 13.2 Å². The van der Waals surface area contributed by atoms with Gasteiger partial charge in [-0.3, -0.25) is 24.1 Å². The summed E-state index contributed by atoms with van der Waals surface area (Å²) in [6.07, 6.45) is 2.49. The summed E-state index contributed by atoms with van der Waals surface area (Å²) in [5, 5.41) is 5.43. The number of carbonyl (C=O) groups is 4. The number of nitrogens with one attached hydrogen (secondary N) is 3. The summed E-state index contributed by atoms with van der Waals surface area (Å²) < 4.78 is 38.8. The quantitative estimate of drug-likeness (QED) is 0.303. The minimum atomic E-state index is -3.87. The van der Waals surface area contributed by atoms with E-state index in [4.69, 9.17) is 9.47 Å². The third kappa shape index (κ3) is 9.21. The molecule has 1 aliphatic heterocycles. The van der Waals surface area contributed by atoms with Gasteiger partial charge in [-0.2, -0.15) is 0 Å². The van der Waals surface area contributed by atoms with Crippen molar-refractivity contribution in [3.05, 3.63) is 49.2 Å². The molecule has 4 amide bonds. The lowest BCUT2D eigenvalue weighted by atomic mass is 9.85. The lowest BCUT2D eigenvalue weighted by Gasteiger charge is -2.35. The minimum Gasteiger partial charge on any atom is -0.488 e. The van der Waals surface area contributed by atoms with E-state index in [9.17, 15) is 27.6 Å². The Labute approximate surface area is 275 Å². The first-order valence-electron chi connectivity index (χ1n) is 15.7. The fourth-order valence-electron chi connectivity index (χ4n) is 5.31. The molecule has 4 rings (SSSR count). The maximum absolute atomic E-state index is 14.3. The molecule has 1 saturated carbocycles. The number of hydrogen-bond acceptors (Lipinski definition) is 9. The second-order valence-electron chi connectivity index (χ2n) is 14.0. The van der Waals surface area contributed by atoms with E-state index in [0.717, 1.165) is 5.39 Å². The molecule has 1 aromatic carbocycles. The van der Waals surface area contributed by atoms with Crippen LogP contribution >= 0.6 is 0 Å². The molecular weight excluding hydrogens is 626 g/mol. The molecule has 47 heavy (non-hydrogen) atoms. The van der Waals surface area contributed by atoms with Crippen LogP contribution in [0.5, 0.6) is 5.75 Å². The van der Waals surface area contributed by atoms with E-state index in [1.165, 1.54) is 11.0 Å². The average molecular weight is 672 g/mol. The summed E-state index contributed by atoms with van der Waals surface area (Å²) in [5.41, 5.74) is -0.900. The Morgan fingerprint density at radius 1 is 1.06 bits per heavy atom. The highest BCUT2D eigenvalue weighted by molar-refractivity contribution is 7.90. The fraction of sp³-hybridized carbons (Fsp3) is 0.545. The second-order valence-corrected chi connectivity index (χ2v) is 16.0. The summed E-state index contributed by atoms with van der Waals surface area (Å²) in [5.74, 6) is -1.60. The number of pyridine rings is 1. The molecule has 13 nitrogen and oxygen atoms in total. The molecule has 256 valence electrons. The van der Waals surface area contributed by atoms with Gasteiger partial charge in [0.15, 0.2) is 0 Å². The molecule has 2 heterocycles. The van der Waals surface area contributed by atoms with Gasteiger partial charge in [0.25, 0.3) is 5.91 Å². The Kier molecular flexibility index (Phi) is 10.5. The molecule has 1 aliphatic carbocycles. The van der Waals surface area contributed by atoms with Crippen LogP contribution in [0.25, 0.3) is 10.9 Å². The largest absolute Gasteiger partial charge is 0.488 e. The number of ether oxygens (including phenoxy) is 2.